The van der Waals surface area contributed by atoms with E-state index in [-0.39, 0.29) is 12.1 Å². The van der Waals surface area contributed by atoms with Gasteiger partial charge < -0.3 is 15.4 Å². The second-order valence-corrected chi connectivity index (χ2v) is 6.36. The Morgan fingerprint density at radius 2 is 1.88 bits per heavy atom. The molecule has 1 aliphatic rings. The fourth-order valence-corrected chi connectivity index (χ4v) is 3.14. The van der Waals surface area contributed by atoms with Crippen molar-refractivity contribution in [1.82, 2.24) is 10.2 Å². The molecule has 1 fully saturated rings. The lowest BCUT2D eigenvalue weighted by Crippen LogP contribution is -2.44. The van der Waals surface area contributed by atoms with Crippen LogP contribution in [0, 0.1) is 0 Å². The summed E-state index contributed by atoms with van der Waals surface area (Å²) in [6.45, 7) is 3.68. The number of urea groups is 1. The average Bonchev–Trinajstić information content (AvgIpc) is 2.64. The molecule has 1 aliphatic heterocycles. The summed E-state index contributed by atoms with van der Waals surface area (Å²) in [7, 11) is 0. The first-order valence-electron chi connectivity index (χ1n) is 8.39. The molecular formula is C19H22ClN3O2. The fraction of sp³-hybridized carbons (Fsp3) is 0.316. The third kappa shape index (κ3) is 5.19. The molecule has 5 nitrogen and oxygen atoms in total. The summed E-state index contributed by atoms with van der Waals surface area (Å²) in [6.07, 6.45) is 0. The van der Waals surface area contributed by atoms with E-state index in [0.29, 0.717) is 17.3 Å². The number of halogens is 1. The van der Waals surface area contributed by atoms with Crippen molar-refractivity contribution in [2.24, 2.45) is 0 Å². The first-order valence-corrected chi connectivity index (χ1v) is 8.77. The molecule has 0 saturated carbocycles. The van der Waals surface area contributed by atoms with Gasteiger partial charge in [-0.15, -0.1) is 0 Å². The number of nitrogens with one attached hydrogen (secondary N) is 2. The third-order valence-electron chi connectivity index (χ3n) is 4.21. The van der Waals surface area contributed by atoms with Crippen LogP contribution in [0.3, 0.4) is 0 Å². The lowest BCUT2D eigenvalue weighted by Gasteiger charge is -2.34. The molecule has 0 radical (unpaired) electrons. The number of hydrogen-bond acceptors (Lipinski definition) is 3. The van der Waals surface area contributed by atoms with Gasteiger partial charge in [0.05, 0.1) is 19.3 Å². The first-order chi connectivity index (χ1) is 12.2. The number of morpholine rings is 1. The Morgan fingerprint density at radius 3 is 2.60 bits per heavy atom. The van der Waals surface area contributed by atoms with Crippen molar-refractivity contribution in [1.29, 1.82) is 0 Å². The minimum absolute atomic E-state index is 0.121. The van der Waals surface area contributed by atoms with E-state index in [1.165, 1.54) is 5.56 Å². The smallest absolute Gasteiger partial charge is 0.319 e. The maximum Gasteiger partial charge on any atom is 0.319 e. The number of ether oxygens (including phenoxy) is 1. The monoisotopic (exact) mass is 359 g/mol. The summed E-state index contributed by atoms with van der Waals surface area (Å²) >= 11 is 5.95. The van der Waals surface area contributed by atoms with Crippen LogP contribution < -0.4 is 10.6 Å². The van der Waals surface area contributed by atoms with Crippen LogP contribution in [0.2, 0.25) is 5.02 Å². The van der Waals surface area contributed by atoms with E-state index < -0.39 is 0 Å². The Hall–Kier alpha value is -2.08. The Morgan fingerprint density at radius 1 is 1.12 bits per heavy atom. The molecule has 0 aromatic heterocycles. The molecule has 1 heterocycles. The molecule has 6 heteroatoms. The normalized spacial score (nSPS) is 16.2. The average molecular weight is 360 g/mol. The second-order valence-electron chi connectivity index (χ2n) is 5.92. The van der Waals surface area contributed by atoms with Gasteiger partial charge in [-0.2, -0.15) is 0 Å². The Kier molecular flexibility index (Phi) is 6.28. The zero-order chi connectivity index (χ0) is 17.5. The van der Waals surface area contributed by atoms with E-state index in [4.69, 9.17) is 16.3 Å². The van der Waals surface area contributed by atoms with Crippen molar-refractivity contribution in [3.05, 3.63) is 65.2 Å². The number of carbonyl (C=O) groups excluding carboxylic acids is 1. The minimum Gasteiger partial charge on any atom is -0.379 e. The summed E-state index contributed by atoms with van der Waals surface area (Å²) in [6, 6.07) is 17.2. The molecule has 2 amide bonds. The van der Waals surface area contributed by atoms with Gasteiger partial charge in [0.15, 0.2) is 0 Å². The van der Waals surface area contributed by atoms with Crippen LogP contribution in [0.5, 0.6) is 0 Å². The molecule has 132 valence electrons. The van der Waals surface area contributed by atoms with Crippen molar-refractivity contribution in [3.63, 3.8) is 0 Å². The zero-order valence-electron chi connectivity index (χ0n) is 14.0. The van der Waals surface area contributed by atoms with Crippen molar-refractivity contribution in [3.8, 4) is 0 Å². The van der Waals surface area contributed by atoms with Crippen molar-refractivity contribution >= 4 is 23.3 Å². The van der Waals surface area contributed by atoms with Crippen LogP contribution in [0.25, 0.3) is 0 Å². The molecule has 1 saturated heterocycles. The van der Waals surface area contributed by atoms with Crippen LogP contribution in [-0.2, 0) is 4.74 Å². The molecule has 0 bridgehead atoms. The van der Waals surface area contributed by atoms with Crippen molar-refractivity contribution in [2.45, 2.75) is 6.04 Å². The van der Waals surface area contributed by atoms with E-state index in [0.717, 1.165) is 26.3 Å². The summed E-state index contributed by atoms with van der Waals surface area (Å²) in [4.78, 5) is 14.6. The van der Waals surface area contributed by atoms with Gasteiger partial charge in [-0.3, -0.25) is 4.90 Å². The quantitative estimate of drug-likeness (QED) is 0.858. The van der Waals surface area contributed by atoms with Gasteiger partial charge in [0.1, 0.15) is 0 Å². The number of rotatable bonds is 5. The largest absolute Gasteiger partial charge is 0.379 e. The molecule has 2 aromatic rings. The topological polar surface area (TPSA) is 53.6 Å². The molecular weight excluding hydrogens is 338 g/mol. The van der Waals surface area contributed by atoms with Crippen molar-refractivity contribution in [2.75, 3.05) is 38.2 Å². The molecule has 0 aliphatic carbocycles. The van der Waals surface area contributed by atoms with Crippen LogP contribution in [0.1, 0.15) is 11.6 Å². The predicted octanol–water partition coefficient (Wildman–Crippen LogP) is 3.54. The zero-order valence-corrected chi connectivity index (χ0v) is 14.7. The van der Waals surface area contributed by atoms with E-state index in [1.807, 2.05) is 24.3 Å². The SMILES string of the molecule is O=C(NCC(c1ccccc1)N1CCOCC1)Nc1cccc(Cl)c1. The maximum atomic E-state index is 12.2. The highest BCUT2D eigenvalue weighted by molar-refractivity contribution is 6.30. The highest BCUT2D eigenvalue weighted by Gasteiger charge is 2.23. The van der Waals surface area contributed by atoms with Gasteiger partial charge in [0.2, 0.25) is 0 Å². The predicted molar refractivity (Wildman–Crippen MR) is 100 cm³/mol. The Bertz CT molecular complexity index is 690. The molecule has 2 N–H and O–H groups in total. The highest BCUT2D eigenvalue weighted by Crippen LogP contribution is 2.21. The Labute approximate surface area is 152 Å². The highest BCUT2D eigenvalue weighted by atomic mass is 35.5. The van der Waals surface area contributed by atoms with Crippen LogP contribution >= 0.6 is 11.6 Å². The summed E-state index contributed by atoms with van der Waals surface area (Å²) in [5.41, 5.74) is 1.86. The van der Waals surface area contributed by atoms with Gasteiger partial charge in [-0.05, 0) is 23.8 Å². The van der Waals surface area contributed by atoms with Crippen LogP contribution in [-0.4, -0.2) is 43.8 Å². The molecule has 2 aromatic carbocycles. The van der Waals surface area contributed by atoms with Gasteiger partial charge in [0.25, 0.3) is 0 Å². The number of anilines is 1. The lowest BCUT2D eigenvalue weighted by atomic mass is 10.0. The number of hydrogen-bond donors (Lipinski definition) is 2. The van der Waals surface area contributed by atoms with E-state index >= 15 is 0 Å². The fourth-order valence-electron chi connectivity index (χ4n) is 2.95. The first kappa shape index (κ1) is 17.7. The van der Waals surface area contributed by atoms with Gasteiger partial charge >= 0.3 is 6.03 Å². The summed E-state index contributed by atoms with van der Waals surface area (Å²) < 4.78 is 5.45. The van der Waals surface area contributed by atoms with Gasteiger partial charge in [-0.25, -0.2) is 4.79 Å². The third-order valence-corrected chi connectivity index (χ3v) is 4.44. The Balaban J connectivity index is 1.62. The van der Waals surface area contributed by atoms with E-state index in [2.05, 4.69) is 27.7 Å². The molecule has 3 rings (SSSR count). The van der Waals surface area contributed by atoms with Crippen molar-refractivity contribution < 1.29 is 9.53 Å². The summed E-state index contributed by atoms with van der Waals surface area (Å²) in [5, 5.41) is 6.38. The van der Waals surface area contributed by atoms with Gasteiger partial charge in [-0.1, -0.05) is 48.0 Å². The minimum atomic E-state index is -0.239. The molecule has 1 atom stereocenters. The maximum absolute atomic E-state index is 12.2. The number of amides is 2. The lowest BCUT2D eigenvalue weighted by molar-refractivity contribution is 0.0168. The standard InChI is InChI=1S/C19H22ClN3O2/c20-16-7-4-8-17(13-16)22-19(24)21-14-18(15-5-2-1-3-6-15)23-9-11-25-12-10-23/h1-8,13,18H,9-12,14H2,(H2,21,22,24). The van der Waals surface area contributed by atoms with Crippen LogP contribution in [0.15, 0.2) is 54.6 Å². The van der Waals surface area contributed by atoms with E-state index in [1.54, 1.807) is 18.2 Å². The summed E-state index contributed by atoms with van der Waals surface area (Å²) in [5.74, 6) is 0. The molecule has 0 spiro atoms. The number of carbonyl (C=O) groups is 1. The van der Waals surface area contributed by atoms with E-state index in [9.17, 15) is 4.79 Å². The number of benzene rings is 2. The van der Waals surface area contributed by atoms with Crippen LogP contribution in [0.4, 0.5) is 10.5 Å². The van der Waals surface area contributed by atoms with Gasteiger partial charge in [0, 0.05) is 30.3 Å². The second kappa shape index (κ2) is 8.85. The molecule has 25 heavy (non-hydrogen) atoms. The number of nitrogens with zero attached hydrogens (tertiary/aromatic N) is 1. The molecule has 1 unspecified atom stereocenters.